The SMILES string of the molecule is C=CC(=O)N1CCC2(CC1)CN(C(=O)C1(c3ccccc3Cl)CC1)CCO2. The molecule has 2 aliphatic heterocycles. The average molecular weight is 389 g/mol. The van der Waals surface area contributed by atoms with E-state index in [1.807, 2.05) is 29.2 Å². The third-order valence-electron chi connectivity index (χ3n) is 6.25. The number of hydrogen-bond donors (Lipinski definition) is 0. The van der Waals surface area contributed by atoms with E-state index < -0.39 is 5.41 Å². The van der Waals surface area contributed by atoms with Gasteiger partial charge in [-0.3, -0.25) is 9.59 Å². The largest absolute Gasteiger partial charge is 0.371 e. The maximum Gasteiger partial charge on any atom is 0.245 e. The number of ether oxygens (including phenoxy) is 1. The van der Waals surface area contributed by atoms with Crippen LogP contribution in [0.1, 0.15) is 31.2 Å². The highest BCUT2D eigenvalue weighted by molar-refractivity contribution is 6.31. The Kier molecular flexibility index (Phi) is 4.77. The minimum Gasteiger partial charge on any atom is -0.371 e. The Morgan fingerprint density at radius 3 is 2.41 bits per heavy atom. The predicted octanol–water partition coefficient (Wildman–Crippen LogP) is 2.78. The molecule has 0 radical (unpaired) electrons. The number of hydrogen-bond acceptors (Lipinski definition) is 3. The molecule has 1 spiro atoms. The van der Waals surface area contributed by atoms with Gasteiger partial charge < -0.3 is 14.5 Å². The Bertz CT molecular complexity index is 766. The van der Waals surface area contributed by atoms with Crippen LogP contribution in [-0.4, -0.2) is 60.0 Å². The molecule has 1 aromatic rings. The standard InChI is InChI=1S/C21H25ClN2O3/c1-2-18(25)23-11-9-20(10-12-23)15-24(13-14-27-20)19(26)21(7-8-21)16-5-3-4-6-17(16)22/h2-6H,1,7-15H2. The van der Waals surface area contributed by atoms with Crippen LogP contribution >= 0.6 is 11.6 Å². The van der Waals surface area contributed by atoms with E-state index in [0.29, 0.717) is 37.8 Å². The predicted molar refractivity (Wildman–Crippen MR) is 104 cm³/mol. The molecule has 0 aromatic heterocycles. The van der Waals surface area contributed by atoms with E-state index in [2.05, 4.69) is 6.58 Å². The molecule has 1 aromatic carbocycles. The van der Waals surface area contributed by atoms with Gasteiger partial charge in [-0.1, -0.05) is 36.4 Å². The van der Waals surface area contributed by atoms with Crippen molar-refractivity contribution in [3.8, 4) is 0 Å². The van der Waals surface area contributed by atoms with Crippen molar-refractivity contribution in [1.29, 1.82) is 0 Å². The zero-order valence-electron chi connectivity index (χ0n) is 15.5. The summed E-state index contributed by atoms with van der Waals surface area (Å²) in [6.45, 7) is 6.59. The summed E-state index contributed by atoms with van der Waals surface area (Å²) in [6.07, 6.45) is 4.55. The molecule has 144 valence electrons. The molecule has 0 N–H and O–H groups in total. The van der Waals surface area contributed by atoms with E-state index in [0.717, 1.165) is 31.2 Å². The van der Waals surface area contributed by atoms with Gasteiger partial charge in [-0.25, -0.2) is 0 Å². The third-order valence-corrected chi connectivity index (χ3v) is 6.58. The molecule has 2 amide bonds. The number of piperidine rings is 1. The number of benzene rings is 1. The van der Waals surface area contributed by atoms with E-state index >= 15 is 0 Å². The molecular formula is C21H25ClN2O3. The zero-order chi connectivity index (χ0) is 19.1. The molecule has 2 saturated heterocycles. The van der Waals surface area contributed by atoms with Crippen LogP contribution in [0.3, 0.4) is 0 Å². The third kappa shape index (κ3) is 3.27. The van der Waals surface area contributed by atoms with Gasteiger partial charge in [0.05, 0.1) is 17.6 Å². The van der Waals surface area contributed by atoms with E-state index in [1.54, 1.807) is 4.90 Å². The van der Waals surface area contributed by atoms with Crippen LogP contribution in [0, 0.1) is 0 Å². The van der Waals surface area contributed by atoms with E-state index in [-0.39, 0.29) is 17.4 Å². The Labute approximate surface area is 164 Å². The average Bonchev–Trinajstić information content (AvgIpc) is 3.49. The summed E-state index contributed by atoms with van der Waals surface area (Å²) in [4.78, 5) is 29.0. The lowest BCUT2D eigenvalue weighted by Gasteiger charge is -2.47. The molecule has 1 aliphatic carbocycles. The Balaban J connectivity index is 1.48. The Morgan fingerprint density at radius 1 is 1.07 bits per heavy atom. The van der Waals surface area contributed by atoms with Gasteiger partial charge >= 0.3 is 0 Å². The van der Waals surface area contributed by atoms with Crippen LogP contribution in [-0.2, 0) is 19.7 Å². The fraction of sp³-hybridized carbons (Fsp3) is 0.524. The van der Waals surface area contributed by atoms with Crippen molar-refractivity contribution in [2.75, 3.05) is 32.8 Å². The minimum absolute atomic E-state index is 0.0377. The van der Waals surface area contributed by atoms with E-state index in [9.17, 15) is 9.59 Å². The van der Waals surface area contributed by atoms with Gasteiger partial charge in [0.15, 0.2) is 0 Å². The monoisotopic (exact) mass is 388 g/mol. The second kappa shape index (κ2) is 6.95. The van der Waals surface area contributed by atoms with Crippen LogP contribution in [0.15, 0.2) is 36.9 Å². The summed E-state index contributed by atoms with van der Waals surface area (Å²) < 4.78 is 6.13. The van der Waals surface area contributed by atoms with Crippen molar-refractivity contribution < 1.29 is 14.3 Å². The molecule has 0 bridgehead atoms. The quantitative estimate of drug-likeness (QED) is 0.748. The summed E-state index contributed by atoms with van der Waals surface area (Å²) >= 11 is 6.39. The molecule has 0 atom stereocenters. The van der Waals surface area contributed by atoms with Crippen molar-refractivity contribution in [1.82, 2.24) is 9.80 Å². The molecule has 4 rings (SSSR count). The number of likely N-dealkylation sites (tertiary alicyclic amines) is 1. The summed E-state index contributed by atoms with van der Waals surface area (Å²) in [6, 6.07) is 7.68. The summed E-state index contributed by atoms with van der Waals surface area (Å²) in [5, 5.41) is 0.669. The number of carbonyl (C=O) groups excluding carboxylic acids is 2. The van der Waals surface area contributed by atoms with Gasteiger partial charge in [-0.2, -0.15) is 0 Å². The van der Waals surface area contributed by atoms with Gasteiger partial charge in [0.25, 0.3) is 0 Å². The zero-order valence-corrected chi connectivity index (χ0v) is 16.2. The summed E-state index contributed by atoms with van der Waals surface area (Å²) in [5.74, 6) is 0.132. The molecule has 27 heavy (non-hydrogen) atoms. The second-order valence-electron chi connectivity index (χ2n) is 7.85. The van der Waals surface area contributed by atoms with Crippen LogP contribution in [0.25, 0.3) is 0 Å². The number of amides is 2. The molecule has 6 heteroatoms. The minimum atomic E-state index is -0.462. The molecule has 1 saturated carbocycles. The molecule has 3 fully saturated rings. The number of nitrogens with zero attached hydrogens (tertiary/aromatic N) is 2. The number of rotatable bonds is 3. The Morgan fingerprint density at radius 2 is 1.78 bits per heavy atom. The summed E-state index contributed by atoms with van der Waals surface area (Å²) in [7, 11) is 0. The highest BCUT2D eigenvalue weighted by Crippen LogP contribution is 2.52. The highest BCUT2D eigenvalue weighted by atomic mass is 35.5. The van der Waals surface area contributed by atoms with Crippen LogP contribution < -0.4 is 0 Å². The van der Waals surface area contributed by atoms with Gasteiger partial charge in [-0.15, -0.1) is 0 Å². The molecule has 5 nitrogen and oxygen atoms in total. The van der Waals surface area contributed by atoms with Crippen molar-refractivity contribution in [2.45, 2.75) is 36.7 Å². The lowest BCUT2D eigenvalue weighted by atomic mass is 9.87. The second-order valence-corrected chi connectivity index (χ2v) is 8.26. The van der Waals surface area contributed by atoms with Crippen LogP contribution in [0.5, 0.6) is 0 Å². The number of halogens is 1. The molecule has 2 heterocycles. The highest BCUT2D eigenvalue weighted by Gasteiger charge is 2.55. The number of carbonyl (C=O) groups is 2. The maximum absolute atomic E-state index is 13.4. The first-order valence-electron chi connectivity index (χ1n) is 9.59. The first-order valence-corrected chi connectivity index (χ1v) is 9.97. The van der Waals surface area contributed by atoms with Crippen molar-refractivity contribution in [3.05, 3.63) is 47.5 Å². The van der Waals surface area contributed by atoms with Crippen LogP contribution in [0.4, 0.5) is 0 Å². The van der Waals surface area contributed by atoms with Gasteiger partial charge in [0.1, 0.15) is 0 Å². The first-order chi connectivity index (χ1) is 13.0. The van der Waals surface area contributed by atoms with E-state index in [4.69, 9.17) is 16.3 Å². The molecule has 3 aliphatic rings. The van der Waals surface area contributed by atoms with Crippen molar-refractivity contribution in [3.63, 3.8) is 0 Å². The molecular weight excluding hydrogens is 364 g/mol. The van der Waals surface area contributed by atoms with Gasteiger partial charge in [-0.05, 0) is 43.4 Å². The first kappa shape index (κ1) is 18.5. The van der Waals surface area contributed by atoms with E-state index in [1.165, 1.54) is 6.08 Å². The lowest BCUT2D eigenvalue weighted by molar-refractivity contribution is -0.163. The normalized spacial score (nSPS) is 23.1. The Hall–Kier alpha value is -1.85. The van der Waals surface area contributed by atoms with Gasteiger partial charge in [0, 0.05) is 31.2 Å². The van der Waals surface area contributed by atoms with Crippen molar-refractivity contribution >= 4 is 23.4 Å². The fourth-order valence-electron chi connectivity index (χ4n) is 4.46. The summed E-state index contributed by atoms with van der Waals surface area (Å²) in [5.41, 5.74) is 0.141. The van der Waals surface area contributed by atoms with Crippen LogP contribution in [0.2, 0.25) is 5.02 Å². The smallest absolute Gasteiger partial charge is 0.245 e. The topological polar surface area (TPSA) is 49.9 Å². The fourth-order valence-corrected chi connectivity index (χ4v) is 4.78. The maximum atomic E-state index is 13.4. The van der Waals surface area contributed by atoms with Gasteiger partial charge in [0.2, 0.25) is 11.8 Å². The molecule has 0 unspecified atom stereocenters. The lowest BCUT2D eigenvalue weighted by Crippen LogP contribution is -2.59. The van der Waals surface area contributed by atoms with Crippen molar-refractivity contribution in [2.24, 2.45) is 0 Å². The number of morpholine rings is 1.